The van der Waals surface area contributed by atoms with E-state index in [-0.39, 0.29) is 6.04 Å². The van der Waals surface area contributed by atoms with E-state index in [9.17, 15) is 22.8 Å². The standard InChI is InChI=1S/C17H21ClF3N3O3/c18-13-3-1-12(2-4-13)10-24-7-5-14(6-8-24)23-15(25)9-22-16(26)27-11-17(19,20)21/h1-4,14H,5-11H2,(H,22,26)(H,23,25). The molecule has 0 bridgehead atoms. The zero-order chi connectivity index (χ0) is 19.9. The van der Waals surface area contributed by atoms with Crippen molar-refractivity contribution in [2.45, 2.75) is 31.6 Å². The van der Waals surface area contributed by atoms with Gasteiger partial charge in [-0.05, 0) is 30.5 Å². The van der Waals surface area contributed by atoms with E-state index >= 15 is 0 Å². The fourth-order valence-corrected chi connectivity index (χ4v) is 2.84. The van der Waals surface area contributed by atoms with Gasteiger partial charge in [0, 0.05) is 30.7 Å². The number of amides is 2. The first-order valence-electron chi connectivity index (χ1n) is 8.45. The maximum atomic E-state index is 11.9. The second-order valence-electron chi connectivity index (χ2n) is 6.29. The van der Waals surface area contributed by atoms with Gasteiger partial charge in [0.05, 0.1) is 0 Å². The van der Waals surface area contributed by atoms with E-state index in [0.717, 1.165) is 38.0 Å². The van der Waals surface area contributed by atoms with Crippen LogP contribution >= 0.6 is 11.6 Å². The Labute approximate surface area is 160 Å². The third kappa shape index (κ3) is 8.49. The van der Waals surface area contributed by atoms with Gasteiger partial charge in [0.25, 0.3) is 0 Å². The summed E-state index contributed by atoms with van der Waals surface area (Å²) in [6.45, 7) is 0.280. The molecule has 2 rings (SSSR count). The third-order valence-electron chi connectivity index (χ3n) is 4.03. The number of likely N-dealkylation sites (tertiary alicyclic amines) is 1. The Balaban J connectivity index is 1.62. The Morgan fingerprint density at radius 3 is 2.41 bits per heavy atom. The number of nitrogens with zero attached hydrogens (tertiary/aromatic N) is 1. The number of halogens is 4. The maximum absolute atomic E-state index is 11.9. The van der Waals surface area contributed by atoms with E-state index in [4.69, 9.17) is 11.6 Å². The molecule has 0 radical (unpaired) electrons. The summed E-state index contributed by atoms with van der Waals surface area (Å²) in [7, 11) is 0. The van der Waals surface area contributed by atoms with Crippen LogP contribution in [0, 0.1) is 0 Å². The van der Waals surface area contributed by atoms with Crippen LogP contribution in [0.2, 0.25) is 5.02 Å². The Morgan fingerprint density at radius 2 is 1.81 bits per heavy atom. The van der Waals surface area contributed by atoms with Crippen molar-refractivity contribution in [2.75, 3.05) is 26.2 Å². The number of carbonyl (C=O) groups is 2. The van der Waals surface area contributed by atoms with Gasteiger partial charge in [-0.2, -0.15) is 13.2 Å². The van der Waals surface area contributed by atoms with Crippen molar-refractivity contribution in [3.05, 3.63) is 34.9 Å². The predicted molar refractivity (Wildman–Crippen MR) is 93.3 cm³/mol. The lowest BCUT2D eigenvalue weighted by Crippen LogP contribution is -2.47. The van der Waals surface area contributed by atoms with Gasteiger partial charge in [-0.1, -0.05) is 23.7 Å². The summed E-state index contributed by atoms with van der Waals surface area (Å²) in [5.74, 6) is -0.463. The fraction of sp³-hybridized carbons (Fsp3) is 0.529. The van der Waals surface area contributed by atoms with Crippen molar-refractivity contribution in [2.24, 2.45) is 0 Å². The van der Waals surface area contributed by atoms with Crippen LogP contribution in [0.3, 0.4) is 0 Å². The SMILES string of the molecule is O=C(CNC(=O)OCC(F)(F)F)NC1CCN(Cc2ccc(Cl)cc2)CC1. The molecular formula is C17H21ClF3N3O3. The molecule has 1 heterocycles. The first-order chi connectivity index (χ1) is 12.7. The van der Waals surface area contributed by atoms with Gasteiger partial charge in [-0.25, -0.2) is 4.79 Å². The van der Waals surface area contributed by atoms with Gasteiger partial charge in [0.1, 0.15) is 6.54 Å². The molecule has 1 aromatic rings. The lowest BCUT2D eigenvalue weighted by atomic mass is 10.0. The minimum atomic E-state index is -4.60. The molecule has 27 heavy (non-hydrogen) atoms. The van der Waals surface area contributed by atoms with E-state index in [1.807, 2.05) is 29.6 Å². The summed E-state index contributed by atoms with van der Waals surface area (Å²) in [6.07, 6.45) is -4.38. The van der Waals surface area contributed by atoms with E-state index in [1.54, 1.807) is 0 Å². The molecule has 0 aromatic heterocycles. The average molecular weight is 408 g/mol. The number of carbonyl (C=O) groups excluding carboxylic acids is 2. The molecule has 0 spiro atoms. The summed E-state index contributed by atoms with van der Waals surface area (Å²) in [4.78, 5) is 25.1. The lowest BCUT2D eigenvalue weighted by molar-refractivity contribution is -0.160. The smallest absolute Gasteiger partial charge is 0.422 e. The first kappa shape index (κ1) is 21.3. The number of hydrogen-bond donors (Lipinski definition) is 2. The summed E-state index contributed by atoms with van der Waals surface area (Å²) in [5.41, 5.74) is 1.16. The summed E-state index contributed by atoms with van der Waals surface area (Å²) >= 11 is 5.87. The zero-order valence-electron chi connectivity index (χ0n) is 14.5. The van der Waals surface area contributed by atoms with Gasteiger partial charge < -0.3 is 15.4 Å². The average Bonchev–Trinajstić information content (AvgIpc) is 2.61. The molecule has 10 heteroatoms. The molecule has 0 aliphatic carbocycles. The van der Waals surface area contributed by atoms with Gasteiger partial charge in [-0.3, -0.25) is 9.69 Å². The second-order valence-corrected chi connectivity index (χ2v) is 6.73. The van der Waals surface area contributed by atoms with E-state index < -0.39 is 31.3 Å². The molecule has 2 N–H and O–H groups in total. The van der Waals surface area contributed by atoms with Crippen molar-refractivity contribution in [1.82, 2.24) is 15.5 Å². The maximum Gasteiger partial charge on any atom is 0.422 e. The molecule has 0 unspecified atom stereocenters. The third-order valence-corrected chi connectivity index (χ3v) is 4.28. The van der Waals surface area contributed by atoms with Crippen LogP contribution in [0.25, 0.3) is 0 Å². The minimum absolute atomic E-state index is 0.0352. The topological polar surface area (TPSA) is 70.7 Å². The van der Waals surface area contributed by atoms with Crippen molar-refractivity contribution >= 4 is 23.6 Å². The molecule has 1 aliphatic rings. The highest BCUT2D eigenvalue weighted by Gasteiger charge is 2.29. The molecule has 0 atom stereocenters. The van der Waals surface area contributed by atoms with Crippen LogP contribution < -0.4 is 10.6 Å². The van der Waals surface area contributed by atoms with Crippen molar-refractivity contribution in [3.63, 3.8) is 0 Å². The molecule has 6 nitrogen and oxygen atoms in total. The highest BCUT2D eigenvalue weighted by molar-refractivity contribution is 6.30. The first-order valence-corrected chi connectivity index (χ1v) is 8.82. The number of piperidine rings is 1. The second kappa shape index (κ2) is 9.80. The Morgan fingerprint density at radius 1 is 1.19 bits per heavy atom. The van der Waals surface area contributed by atoms with Crippen LogP contribution in [-0.2, 0) is 16.1 Å². The summed E-state index contributed by atoms with van der Waals surface area (Å²) < 4.78 is 39.7. The lowest BCUT2D eigenvalue weighted by Gasteiger charge is -2.32. The molecule has 1 fully saturated rings. The van der Waals surface area contributed by atoms with Crippen LogP contribution in [0.1, 0.15) is 18.4 Å². The van der Waals surface area contributed by atoms with Crippen LogP contribution in [0.4, 0.5) is 18.0 Å². The minimum Gasteiger partial charge on any atom is -0.440 e. The summed E-state index contributed by atoms with van der Waals surface area (Å²) in [5, 5.41) is 5.45. The highest BCUT2D eigenvalue weighted by Crippen LogP contribution is 2.16. The Hall–Kier alpha value is -2.00. The van der Waals surface area contributed by atoms with Gasteiger partial charge in [0.2, 0.25) is 5.91 Å². The molecular weight excluding hydrogens is 387 g/mol. The number of alkyl carbamates (subject to hydrolysis) is 1. The number of benzene rings is 1. The Kier molecular flexibility index (Phi) is 7.73. The van der Waals surface area contributed by atoms with Crippen molar-refractivity contribution < 1.29 is 27.5 Å². The summed E-state index contributed by atoms with van der Waals surface area (Å²) in [6, 6.07) is 7.60. The fourth-order valence-electron chi connectivity index (χ4n) is 2.71. The molecule has 2 amide bonds. The van der Waals surface area contributed by atoms with Gasteiger partial charge >= 0.3 is 12.3 Å². The predicted octanol–water partition coefficient (Wildman–Crippen LogP) is 2.71. The zero-order valence-corrected chi connectivity index (χ0v) is 15.3. The van der Waals surface area contributed by atoms with E-state index in [2.05, 4.69) is 15.0 Å². The number of hydrogen-bond acceptors (Lipinski definition) is 4. The Bertz CT molecular complexity index is 633. The number of alkyl halides is 3. The van der Waals surface area contributed by atoms with Crippen LogP contribution in [0.5, 0.6) is 0 Å². The van der Waals surface area contributed by atoms with Gasteiger partial charge in [-0.15, -0.1) is 0 Å². The quantitative estimate of drug-likeness (QED) is 0.760. The van der Waals surface area contributed by atoms with Crippen molar-refractivity contribution in [3.8, 4) is 0 Å². The van der Waals surface area contributed by atoms with Gasteiger partial charge in [0.15, 0.2) is 6.61 Å². The number of rotatable bonds is 6. The van der Waals surface area contributed by atoms with E-state index in [0.29, 0.717) is 5.02 Å². The monoisotopic (exact) mass is 407 g/mol. The highest BCUT2D eigenvalue weighted by atomic mass is 35.5. The largest absolute Gasteiger partial charge is 0.440 e. The number of nitrogens with one attached hydrogen (secondary N) is 2. The molecule has 0 saturated carbocycles. The molecule has 1 aromatic carbocycles. The van der Waals surface area contributed by atoms with Crippen molar-refractivity contribution in [1.29, 1.82) is 0 Å². The van der Waals surface area contributed by atoms with Crippen LogP contribution in [0.15, 0.2) is 24.3 Å². The molecule has 1 aliphatic heterocycles. The van der Waals surface area contributed by atoms with Crippen LogP contribution in [-0.4, -0.2) is 55.4 Å². The normalized spacial score (nSPS) is 16.0. The molecule has 150 valence electrons. The molecule has 1 saturated heterocycles. The van der Waals surface area contributed by atoms with E-state index in [1.165, 1.54) is 0 Å². The number of ether oxygens (including phenoxy) is 1.